The highest BCUT2D eigenvalue weighted by molar-refractivity contribution is 6.31. The molecule has 32 heavy (non-hydrogen) atoms. The fourth-order valence-corrected chi connectivity index (χ4v) is 4.20. The molecule has 2 N–H and O–H groups in total. The summed E-state index contributed by atoms with van der Waals surface area (Å²) in [5.74, 6) is 1.02. The van der Waals surface area contributed by atoms with Crippen LogP contribution >= 0.6 is 11.6 Å². The van der Waals surface area contributed by atoms with Crippen LogP contribution in [0, 0.1) is 12.8 Å². The van der Waals surface area contributed by atoms with E-state index in [-0.39, 0.29) is 17.7 Å². The van der Waals surface area contributed by atoms with Gasteiger partial charge in [0.15, 0.2) is 0 Å². The molecule has 2 aliphatic rings. The molecule has 0 radical (unpaired) electrons. The molecule has 0 saturated heterocycles. The Balaban J connectivity index is 1.44. The molecule has 0 bridgehead atoms. The van der Waals surface area contributed by atoms with Crippen molar-refractivity contribution in [3.8, 4) is 0 Å². The Morgan fingerprint density at radius 3 is 2.78 bits per heavy atom. The quantitative estimate of drug-likeness (QED) is 0.622. The Labute approximate surface area is 191 Å². The van der Waals surface area contributed by atoms with Crippen LogP contribution in [0.3, 0.4) is 0 Å². The maximum atomic E-state index is 13.6. The lowest BCUT2D eigenvalue weighted by atomic mass is 10.0. The summed E-state index contributed by atoms with van der Waals surface area (Å²) < 4.78 is 1.75. The molecule has 1 saturated carbocycles. The van der Waals surface area contributed by atoms with Gasteiger partial charge in [-0.05, 0) is 61.2 Å². The minimum absolute atomic E-state index is 0.108. The molecule has 0 unspecified atom stereocenters. The second-order valence-corrected chi connectivity index (χ2v) is 8.89. The molecule has 1 aliphatic heterocycles. The van der Waals surface area contributed by atoms with Crippen LogP contribution in [0.5, 0.6) is 0 Å². The van der Waals surface area contributed by atoms with E-state index in [2.05, 4.69) is 15.7 Å². The van der Waals surface area contributed by atoms with Crippen LogP contribution in [0.4, 0.5) is 17.2 Å². The van der Waals surface area contributed by atoms with Crippen LogP contribution in [0.1, 0.15) is 39.9 Å². The number of hydrogen-bond donors (Lipinski definition) is 2. The number of rotatable bonds is 4. The number of fused-ring (bicyclic) bond motifs is 2. The van der Waals surface area contributed by atoms with Crippen molar-refractivity contribution < 1.29 is 9.59 Å². The number of benzene rings is 2. The first-order valence-electron chi connectivity index (χ1n) is 10.7. The first-order valence-corrected chi connectivity index (χ1v) is 11.0. The monoisotopic (exact) mass is 449 g/mol. The minimum Gasteiger partial charge on any atom is -0.352 e. The molecule has 2 heterocycles. The van der Waals surface area contributed by atoms with Crippen LogP contribution in [-0.2, 0) is 24.9 Å². The molecule has 0 atom stereocenters. The summed E-state index contributed by atoms with van der Waals surface area (Å²) in [5.41, 5.74) is 5.00. The second-order valence-electron chi connectivity index (χ2n) is 8.45. The molecular formula is C24H24ClN5O2. The lowest BCUT2D eigenvalue weighted by Crippen LogP contribution is -2.30. The summed E-state index contributed by atoms with van der Waals surface area (Å²) in [6.45, 7) is 2.83. The maximum absolute atomic E-state index is 13.6. The van der Waals surface area contributed by atoms with E-state index < -0.39 is 0 Å². The van der Waals surface area contributed by atoms with Gasteiger partial charge in [0.25, 0.3) is 5.91 Å². The SMILES string of the molecule is Cc1cc(C(=O)N2Cc3cnn(C)c3Nc3cc(Cl)ccc32)ccc1CNC(=O)C1CC1. The topological polar surface area (TPSA) is 79.3 Å². The van der Waals surface area contributed by atoms with Crippen molar-refractivity contribution in [1.82, 2.24) is 15.1 Å². The predicted octanol–water partition coefficient (Wildman–Crippen LogP) is 4.31. The van der Waals surface area contributed by atoms with Gasteiger partial charge < -0.3 is 15.5 Å². The first kappa shape index (κ1) is 20.6. The molecule has 0 spiro atoms. The molecule has 2 amide bonds. The van der Waals surface area contributed by atoms with Crippen LogP contribution in [0.25, 0.3) is 0 Å². The number of carbonyl (C=O) groups is 2. The van der Waals surface area contributed by atoms with E-state index in [1.807, 2.05) is 44.3 Å². The molecule has 5 rings (SSSR count). The molecule has 1 aromatic heterocycles. The van der Waals surface area contributed by atoms with Gasteiger partial charge >= 0.3 is 0 Å². The molecule has 164 valence electrons. The third-order valence-corrected chi connectivity index (χ3v) is 6.32. The summed E-state index contributed by atoms with van der Waals surface area (Å²) in [6, 6.07) is 11.1. The summed E-state index contributed by atoms with van der Waals surface area (Å²) in [4.78, 5) is 27.3. The van der Waals surface area contributed by atoms with Crippen molar-refractivity contribution in [3.63, 3.8) is 0 Å². The highest BCUT2D eigenvalue weighted by Crippen LogP contribution is 2.38. The van der Waals surface area contributed by atoms with Crippen LogP contribution < -0.4 is 15.5 Å². The van der Waals surface area contributed by atoms with Crippen molar-refractivity contribution in [2.24, 2.45) is 13.0 Å². The van der Waals surface area contributed by atoms with E-state index in [1.54, 1.807) is 21.8 Å². The summed E-state index contributed by atoms with van der Waals surface area (Å²) in [7, 11) is 1.86. The molecule has 8 heteroatoms. The van der Waals surface area contributed by atoms with Crippen molar-refractivity contribution >= 4 is 40.6 Å². The fraction of sp³-hybridized carbons (Fsp3) is 0.292. The Kier molecular flexibility index (Phi) is 5.13. The molecule has 3 aromatic rings. The van der Waals surface area contributed by atoms with Gasteiger partial charge in [0.1, 0.15) is 5.82 Å². The third kappa shape index (κ3) is 3.84. The Hall–Kier alpha value is -3.32. The number of amides is 2. The minimum atomic E-state index is -0.108. The Morgan fingerprint density at radius 2 is 2.03 bits per heavy atom. The lowest BCUT2D eigenvalue weighted by molar-refractivity contribution is -0.122. The zero-order valence-electron chi connectivity index (χ0n) is 18.0. The average molecular weight is 450 g/mol. The predicted molar refractivity (Wildman–Crippen MR) is 124 cm³/mol. The average Bonchev–Trinajstić information content (AvgIpc) is 3.58. The number of nitrogens with one attached hydrogen (secondary N) is 2. The van der Waals surface area contributed by atoms with Crippen molar-refractivity contribution in [2.75, 3.05) is 10.2 Å². The van der Waals surface area contributed by atoms with Gasteiger partial charge in [-0.3, -0.25) is 14.3 Å². The second kappa shape index (κ2) is 7.98. The summed E-state index contributed by atoms with van der Waals surface area (Å²) in [5, 5.41) is 11.3. The molecular weight excluding hydrogens is 426 g/mol. The molecule has 1 aliphatic carbocycles. The highest BCUT2D eigenvalue weighted by atomic mass is 35.5. The normalized spacial score (nSPS) is 14.8. The number of nitrogens with zero attached hydrogens (tertiary/aromatic N) is 3. The number of aryl methyl sites for hydroxylation is 2. The van der Waals surface area contributed by atoms with Gasteiger partial charge in [-0.1, -0.05) is 17.7 Å². The van der Waals surface area contributed by atoms with E-state index in [4.69, 9.17) is 11.6 Å². The zero-order chi connectivity index (χ0) is 22.4. The molecule has 1 fully saturated rings. The maximum Gasteiger partial charge on any atom is 0.258 e. The van der Waals surface area contributed by atoms with Gasteiger partial charge in [-0.2, -0.15) is 5.10 Å². The Morgan fingerprint density at radius 1 is 1.22 bits per heavy atom. The number of aromatic nitrogens is 2. The largest absolute Gasteiger partial charge is 0.352 e. The van der Waals surface area contributed by atoms with Crippen molar-refractivity contribution in [3.05, 3.63) is 69.9 Å². The summed E-state index contributed by atoms with van der Waals surface area (Å²) in [6.07, 6.45) is 3.73. The fourth-order valence-electron chi connectivity index (χ4n) is 4.02. The van der Waals surface area contributed by atoms with E-state index in [1.165, 1.54) is 0 Å². The Bertz CT molecular complexity index is 1230. The molecule has 7 nitrogen and oxygen atoms in total. The van der Waals surface area contributed by atoms with Crippen LogP contribution in [0.2, 0.25) is 5.02 Å². The standard InChI is InChI=1S/C24H24ClN5O2/c1-14-9-16(5-6-17(14)11-26-23(31)15-3-4-15)24(32)30-13-18-12-27-29(2)22(18)28-20-10-19(25)7-8-21(20)30/h5-10,12,15,28H,3-4,11,13H2,1-2H3,(H,26,31). The molecule has 2 aromatic carbocycles. The number of halogens is 1. The van der Waals surface area contributed by atoms with Gasteiger partial charge in [0.05, 0.1) is 24.1 Å². The van der Waals surface area contributed by atoms with Crippen LogP contribution in [-0.4, -0.2) is 21.6 Å². The number of carbonyl (C=O) groups excluding carboxylic acids is 2. The lowest BCUT2D eigenvalue weighted by Gasteiger charge is -2.23. The first-order chi connectivity index (χ1) is 15.4. The van der Waals surface area contributed by atoms with Crippen molar-refractivity contribution in [2.45, 2.75) is 32.9 Å². The van der Waals surface area contributed by atoms with E-state index in [0.717, 1.165) is 46.7 Å². The van der Waals surface area contributed by atoms with E-state index in [9.17, 15) is 9.59 Å². The smallest absolute Gasteiger partial charge is 0.258 e. The number of anilines is 3. The van der Waals surface area contributed by atoms with Crippen LogP contribution in [0.15, 0.2) is 42.6 Å². The van der Waals surface area contributed by atoms with Gasteiger partial charge in [-0.15, -0.1) is 0 Å². The van der Waals surface area contributed by atoms with Gasteiger partial charge in [-0.25, -0.2) is 0 Å². The third-order valence-electron chi connectivity index (χ3n) is 6.08. The van der Waals surface area contributed by atoms with E-state index >= 15 is 0 Å². The van der Waals surface area contributed by atoms with Gasteiger partial charge in [0.2, 0.25) is 5.91 Å². The summed E-state index contributed by atoms with van der Waals surface area (Å²) >= 11 is 6.23. The highest BCUT2D eigenvalue weighted by Gasteiger charge is 2.30. The van der Waals surface area contributed by atoms with E-state index in [0.29, 0.717) is 23.7 Å². The number of hydrogen-bond acceptors (Lipinski definition) is 4. The van der Waals surface area contributed by atoms with Gasteiger partial charge in [0, 0.05) is 35.7 Å². The van der Waals surface area contributed by atoms with Crippen molar-refractivity contribution in [1.29, 1.82) is 0 Å². The zero-order valence-corrected chi connectivity index (χ0v) is 18.7.